The Morgan fingerprint density at radius 3 is 2.84 bits per heavy atom. The highest BCUT2D eigenvalue weighted by molar-refractivity contribution is 7.17. The van der Waals surface area contributed by atoms with Crippen molar-refractivity contribution in [3.05, 3.63) is 39.3 Å². The van der Waals surface area contributed by atoms with Crippen LogP contribution in [-0.4, -0.2) is 9.97 Å². The third-order valence-corrected chi connectivity index (χ3v) is 5.20. The summed E-state index contributed by atoms with van der Waals surface area (Å²) in [6.45, 7) is 6.27. The normalized spacial score (nSPS) is 12.8. The van der Waals surface area contributed by atoms with Crippen molar-refractivity contribution in [3.8, 4) is 0 Å². The van der Waals surface area contributed by atoms with Gasteiger partial charge in [0.05, 0.1) is 16.7 Å². The van der Waals surface area contributed by atoms with Crippen molar-refractivity contribution in [2.45, 2.75) is 26.8 Å². The highest BCUT2D eigenvalue weighted by Crippen LogP contribution is 2.31. The fourth-order valence-electron chi connectivity index (χ4n) is 2.23. The van der Waals surface area contributed by atoms with Crippen molar-refractivity contribution >= 4 is 38.6 Å². The number of thiophene rings is 1. The molecule has 3 nitrogen and oxygen atoms in total. The van der Waals surface area contributed by atoms with Gasteiger partial charge in [-0.15, -0.1) is 22.7 Å². The van der Waals surface area contributed by atoms with E-state index in [1.165, 1.54) is 15.0 Å². The van der Waals surface area contributed by atoms with Crippen LogP contribution in [0.1, 0.15) is 28.5 Å². The van der Waals surface area contributed by atoms with E-state index in [2.05, 4.69) is 46.6 Å². The molecule has 98 valence electrons. The van der Waals surface area contributed by atoms with Crippen LogP contribution in [0.25, 0.3) is 10.1 Å². The van der Waals surface area contributed by atoms with Crippen LogP contribution >= 0.6 is 22.7 Å². The van der Waals surface area contributed by atoms with Gasteiger partial charge >= 0.3 is 0 Å². The number of aryl methyl sites for hydroxylation is 2. The third-order valence-electron chi connectivity index (χ3n) is 3.07. The Morgan fingerprint density at radius 2 is 2.11 bits per heavy atom. The molecule has 0 aliphatic rings. The van der Waals surface area contributed by atoms with Crippen molar-refractivity contribution in [2.75, 3.05) is 5.32 Å². The quantitative estimate of drug-likeness (QED) is 0.769. The summed E-state index contributed by atoms with van der Waals surface area (Å²) in [6.07, 6.45) is 1.86. The lowest BCUT2D eigenvalue weighted by Gasteiger charge is -2.14. The summed E-state index contributed by atoms with van der Waals surface area (Å²) in [6, 6.07) is 4.40. The van der Waals surface area contributed by atoms with Gasteiger partial charge in [-0.1, -0.05) is 0 Å². The monoisotopic (exact) mass is 289 g/mol. The van der Waals surface area contributed by atoms with Gasteiger partial charge in [-0.25, -0.2) is 9.97 Å². The van der Waals surface area contributed by atoms with Gasteiger partial charge < -0.3 is 5.32 Å². The number of aromatic nitrogens is 2. The van der Waals surface area contributed by atoms with Gasteiger partial charge in [0.15, 0.2) is 0 Å². The van der Waals surface area contributed by atoms with E-state index in [-0.39, 0.29) is 6.04 Å². The van der Waals surface area contributed by atoms with Crippen LogP contribution in [0.3, 0.4) is 0 Å². The Bertz CT molecular complexity index is 714. The number of nitrogens with zero attached hydrogens (tertiary/aromatic N) is 2. The second-order valence-corrected chi connectivity index (χ2v) is 6.72. The van der Waals surface area contributed by atoms with Crippen molar-refractivity contribution < 1.29 is 0 Å². The predicted molar refractivity (Wildman–Crippen MR) is 83.2 cm³/mol. The predicted octanol–water partition coefficient (Wildman–Crippen LogP) is 4.54. The molecule has 0 radical (unpaired) electrons. The van der Waals surface area contributed by atoms with E-state index in [1.807, 2.05) is 13.1 Å². The fourth-order valence-corrected chi connectivity index (χ4v) is 3.94. The number of fused-ring (bicyclic) bond motifs is 1. The van der Waals surface area contributed by atoms with E-state index < -0.39 is 0 Å². The highest BCUT2D eigenvalue weighted by atomic mass is 32.1. The molecule has 3 rings (SSSR count). The van der Waals surface area contributed by atoms with Gasteiger partial charge in [0.1, 0.15) is 5.82 Å². The van der Waals surface area contributed by atoms with Crippen LogP contribution in [0, 0.1) is 13.8 Å². The van der Waals surface area contributed by atoms with Gasteiger partial charge in [-0.2, -0.15) is 0 Å². The van der Waals surface area contributed by atoms with E-state index in [0.29, 0.717) is 0 Å². The standard InChI is InChI=1S/C14H15N3S2/c1-8-13(19-10(3)16-8)9(2)17-14-11-5-7-18-12(11)4-6-15-14/h4-7,9H,1-3H3,(H,15,17). The second-order valence-electron chi connectivity index (χ2n) is 4.54. The molecule has 1 N–H and O–H groups in total. The summed E-state index contributed by atoms with van der Waals surface area (Å²) in [5.74, 6) is 0.955. The molecule has 0 fully saturated rings. The number of hydrogen-bond donors (Lipinski definition) is 1. The van der Waals surface area contributed by atoms with Crippen LogP contribution < -0.4 is 5.32 Å². The van der Waals surface area contributed by atoms with Crippen molar-refractivity contribution in [1.29, 1.82) is 0 Å². The molecule has 5 heteroatoms. The highest BCUT2D eigenvalue weighted by Gasteiger charge is 2.14. The van der Waals surface area contributed by atoms with Gasteiger partial charge in [0, 0.05) is 21.2 Å². The Labute approximate surface area is 120 Å². The van der Waals surface area contributed by atoms with Crippen LogP contribution in [0.4, 0.5) is 5.82 Å². The number of nitrogens with one attached hydrogen (secondary N) is 1. The average molecular weight is 289 g/mol. The lowest BCUT2D eigenvalue weighted by Crippen LogP contribution is -2.07. The van der Waals surface area contributed by atoms with Gasteiger partial charge in [-0.05, 0) is 38.3 Å². The Hall–Kier alpha value is -1.46. The zero-order chi connectivity index (χ0) is 13.4. The first kappa shape index (κ1) is 12.6. The third kappa shape index (κ3) is 2.35. The maximum atomic E-state index is 4.49. The van der Waals surface area contributed by atoms with Crippen LogP contribution in [0.5, 0.6) is 0 Å². The molecular formula is C14H15N3S2. The van der Waals surface area contributed by atoms with Gasteiger partial charge in [0.2, 0.25) is 0 Å². The van der Waals surface area contributed by atoms with E-state index in [0.717, 1.165) is 16.5 Å². The average Bonchev–Trinajstić information content (AvgIpc) is 2.96. The zero-order valence-electron chi connectivity index (χ0n) is 11.1. The summed E-state index contributed by atoms with van der Waals surface area (Å²) in [5, 5.41) is 7.92. The molecule has 1 atom stereocenters. The number of pyridine rings is 1. The Morgan fingerprint density at radius 1 is 1.26 bits per heavy atom. The first-order chi connectivity index (χ1) is 9.15. The summed E-state index contributed by atoms with van der Waals surface area (Å²) >= 11 is 3.49. The second kappa shape index (κ2) is 4.90. The van der Waals surface area contributed by atoms with Crippen molar-refractivity contribution in [1.82, 2.24) is 9.97 Å². The van der Waals surface area contributed by atoms with Crippen LogP contribution in [0.2, 0.25) is 0 Å². The maximum absolute atomic E-state index is 4.49. The molecule has 1 unspecified atom stereocenters. The smallest absolute Gasteiger partial charge is 0.135 e. The first-order valence-electron chi connectivity index (χ1n) is 6.18. The SMILES string of the molecule is Cc1nc(C)c(C(C)Nc2nccc3sccc23)s1. The van der Waals surface area contributed by atoms with Crippen molar-refractivity contribution in [2.24, 2.45) is 0 Å². The Balaban J connectivity index is 1.92. The van der Waals surface area contributed by atoms with E-state index in [1.54, 1.807) is 22.7 Å². The zero-order valence-corrected chi connectivity index (χ0v) is 12.7. The molecule has 0 spiro atoms. The maximum Gasteiger partial charge on any atom is 0.135 e. The molecule has 0 bridgehead atoms. The van der Waals surface area contributed by atoms with E-state index in [4.69, 9.17) is 0 Å². The lowest BCUT2D eigenvalue weighted by atomic mass is 10.2. The number of hydrogen-bond acceptors (Lipinski definition) is 5. The molecule has 3 aromatic heterocycles. The topological polar surface area (TPSA) is 37.8 Å². The number of rotatable bonds is 3. The minimum Gasteiger partial charge on any atom is -0.362 e. The Kier molecular flexibility index (Phi) is 3.24. The number of anilines is 1. The summed E-state index contributed by atoms with van der Waals surface area (Å²) < 4.78 is 1.27. The van der Waals surface area contributed by atoms with E-state index >= 15 is 0 Å². The minimum atomic E-state index is 0.226. The van der Waals surface area contributed by atoms with Crippen LogP contribution in [0.15, 0.2) is 23.7 Å². The number of thiazole rings is 1. The van der Waals surface area contributed by atoms with Gasteiger partial charge in [-0.3, -0.25) is 0 Å². The lowest BCUT2D eigenvalue weighted by molar-refractivity contribution is 0.883. The van der Waals surface area contributed by atoms with Gasteiger partial charge in [0.25, 0.3) is 0 Å². The fraction of sp³-hybridized carbons (Fsp3) is 0.286. The molecule has 19 heavy (non-hydrogen) atoms. The summed E-state index contributed by atoms with van der Waals surface area (Å²) in [7, 11) is 0. The summed E-state index contributed by atoms with van der Waals surface area (Å²) in [4.78, 5) is 10.2. The molecule has 0 aromatic carbocycles. The van der Waals surface area contributed by atoms with Crippen LogP contribution in [-0.2, 0) is 0 Å². The molecule has 0 aliphatic carbocycles. The summed E-state index contributed by atoms with van der Waals surface area (Å²) in [5.41, 5.74) is 1.11. The molecule has 0 amide bonds. The van der Waals surface area contributed by atoms with Crippen molar-refractivity contribution in [3.63, 3.8) is 0 Å². The minimum absolute atomic E-state index is 0.226. The molecule has 3 aromatic rings. The molecule has 0 saturated carbocycles. The largest absolute Gasteiger partial charge is 0.362 e. The molecule has 3 heterocycles. The molecule has 0 aliphatic heterocycles. The first-order valence-corrected chi connectivity index (χ1v) is 7.87. The molecule has 0 saturated heterocycles. The van der Waals surface area contributed by atoms with E-state index in [9.17, 15) is 0 Å². The molecular weight excluding hydrogens is 274 g/mol.